The van der Waals surface area contributed by atoms with Crippen LogP contribution in [0.4, 0.5) is 5.69 Å². The van der Waals surface area contributed by atoms with Crippen LogP contribution in [0.25, 0.3) is 5.69 Å². The van der Waals surface area contributed by atoms with Crippen molar-refractivity contribution >= 4 is 34.8 Å². The molecule has 0 aliphatic carbocycles. The number of carbonyl (C=O) groups is 1. The second kappa shape index (κ2) is 8.42. The van der Waals surface area contributed by atoms with Gasteiger partial charge in [0.05, 0.1) is 30.6 Å². The van der Waals surface area contributed by atoms with Gasteiger partial charge in [-0.3, -0.25) is 9.59 Å². The molecule has 10 heteroatoms. The summed E-state index contributed by atoms with van der Waals surface area (Å²) in [4.78, 5) is 40.2. The van der Waals surface area contributed by atoms with E-state index in [0.717, 1.165) is 10.8 Å². The lowest BCUT2D eigenvalue weighted by atomic mass is 10.2. The van der Waals surface area contributed by atoms with Crippen LogP contribution in [0.3, 0.4) is 0 Å². The number of H-pyrrole nitrogens is 1. The van der Waals surface area contributed by atoms with E-state index in [-0.39, 0.29) is 22.0 Å². The predicted molar refractivity (Wildman–Crippen MR) is 110 cm³/mol. The molecule has 0 spiro atoms. The summed E-state index contributed by atoms with van der Waals surface area (Å²) in [7, 11) is 2.88. The maximum absolute atomic E-state index is 12.9. The molecule has 150 valence electrons. The number of anilines is 1. The lowest BCUT2D eigenvalue weighted by Crippen LogP contribution is -2.38. The SMILES string of the molecule is COc1ccc(-n2c(=O)[nH]cc(C(=O)Nc3cc(Cl)ccc3Cl)c2=O)cc1OC. The number of aromatic nitrogens is 2. The molecule has 0 aliphatic rings. The topological polar surface area (TPSA) is 102 Å². The third-order valence-electron chi connectivity index (χ3n) is 4.02. The highest BCUT2D eigenvalue weighted by Gasteiger charge is 2.18. The van der Waals surface area contributed by atoms with Crippen molar-refractivity contribution in [2.45, 2.75) is 0 Å². The zero-order valence-electron chi connectivity index (χ0n) is 15.3. The van der Waals surface area contributed by atoms with Gasteiger partial charge in [0.25, 0.3) is 11.5 Å². The minimum Gasteiger partial charge on any atom is -0.493 e. The Bertz CT molecular complexity index is 1200. The molecule has 0 fully saturated rings. The number of carbonyl (C=O) groups excluding carboxylic acids is 1. The Morgan fingerprint density at radius 2 is 1.76 bits per heavy atom. The van der Waals surface area contributed by atoms with Gasteiger partial charge in [0.1, 0.15) is 5.56 Å². The summed E-state index contributed by atoms with van der Waals surface area (Å²) in [5.74, 6) is -0.0215. The van der Waals surface area contributed by atoms with Gasteiger partial charge >= 0.3 is 5.69 Å². The standard InChI is InChI=1S/C19H15Cl2N3O5/c1-28-15-6-4-11(8-16(15)29-2)24-18(26)12(9-22-19(24)27)17(25)23-14-7-10(20)3-5-13(14)21/h3-9H,1-2H3,(H,22,27)(H,23,25). The van der Waals surface area contributed by atoms with Crippen molar-refractivity contribution in [3.05, 3.63) is 79.0 Å². The van der Waals surface area contributed by atoms with E-state index in [4.69, 9.17) is 32.7 Å². The Kier molecular flexibility index (Phi) is 5.95. The summed E-state index contributed by atoms with van der Waals surface area (Å²) >= 11 is 12.0. The molecular weight excluding hydrogens is 421 g/mol. The van der Waals surface area contributed by atoms with Crippen molar-refractivity contribution in [3.63, 3.8) is 0 Å². The molecule has 8 nitrogen and oxygen atoms in total. The maximum atomic E-state index is 12.9. The average molecular weight is 436 g/mol. The number of ether oxygens (including phenoxy) is 2. The van der Waals surface area contributed by atoms with Crippen molar-refractivity contribution in [2.24, 2.45) is 0 Å². The van der Waals surface area contributed by atoms with Crippen LogP contribution in [0.1, 0.15) is 10.4 Å². The number of hydrogen-bond acceptors (Lipinski definition) is 5. The van der Waals surface area contributed by atoms with Crippen LogP contribution in [0.5, 0.6) is 11.5 Å². The van der Waals surface area contributed by atoms with Crippen LogP contribution in [0.2, 0.25) is 10.0 Å². The minimum atomic E-state index is -0.823. The van der Waals surface area contributed by atoms with E-state index >= 15 is 0 Å². The van der Waals surface area contributed by atoms with Gasteiger partial charge in [0.15, 0.2) is 11.5 Å². The molecule has 1 amide bonds. The minimum absolute atomic E-state index is 0.198. The van der Waals surface area contributed by atoms with Crippen LogP contribution in [-0.2, 0) is 0 Å². The Balaban J connectivity index is 2.06. The van der Waals surface area contributed by atoms with Gasteiger partial charge < -0.3 is 19.8 Å². The number of nitrogens with zero attached hydrogens (tertiary/aromatic N) is 1. The molecule has 0 bridgehead atoms. The number of hydrogen-bond donors (Lipinski definition) is 2. The largest absolute Gasteiger partial charge is 0.493 e. The van der Waals surface area contributed by atoms with Crippen molar-refractivity contribution in [3.8, 4) is 17.2 Å². The fourth-order valence-electron chi connectivity index (χ4n) is 2.62. The first-order chi connectivity index (χ1) is 13.8. The molecule has 0 saturated heterocycles. The van der Waals surface area contributed by atoms with Crippen LogP contribution in [0.15, 0.2) is 52.2 Å². The highest BCUT2D eigenvalue weighted by molar-refractivity contribution is 6.35. The summed E-state index contributed by atoms with van der Waals surface area (Å²) in [5.41, 5.74) is -1.41. The number of rotatable bonds is 5. The third kappa shape index (κ3) is 4.13. The second-order valence-corrected chi connectivity index (χ2v) is 6.61. The van der Waals surface area contributed by atoms with Gasteiger partial charge in [-0.15, -0.1) is 0 Å². The molecule has 2 aromatic carbocycles. The molecule has 2 N–H and O–H groups in total. The smallest absolute Gasteiger partial charge is 0.333 e. The van der Waals surface area contributed by atoms with Gasteiger partial charge in [0.2, 0.25) is 0 Å². The van der Waals surface area contributed by atoms with E-state index in [0.29, 0.717) is 16.5 Å². The molecule has 29 heavy (non-hydrogen) atoms. The Hall–Kier alpha value is -3.23. The van der Waals surface area contributed by atoms with Gasteiger partial charge in [0, 0.05) is 17.3 Å². The lowest BCUT2D eigenvalue weighted by Gasteiger charge is -2.12. The monoisotopic (exact) mass is 435 g/mol. The quantitative estimate of drug-likeness (QED) is 0.640. The molecule has 0 aliphatic heterocycles. The normalized spacial score (nSPS) is 10.5. The van der Waals surface area contributed by atoms with Gasteiger partial charge in [-0.2, -0.15) is 0 Å². The highest BCUT2D eigenvalue weighted by Crippen LogP contribution is 2.28. The first-order valence-corrected chi connectivity index (χ1v) is 8.95. The van der Waals surface area contributed by atoms with Crippen LogP contribution < -0.4 is 26.0 Å². The Morgan fingerprint density at radius 1 is 1.03 bits per heavy atom. The number of halogens is 2. The third-order valence-corrected chi connectivity index (χ3v) is 4.59. The predicted octanol–water partition coefficient (Wildman–Crippen LogP) is 3.10. The number of benzene rings is 2. The van der Waals surface area contributed by atoms with Gasteiger partial charge in [-0.1, -0.05) is 23.2 Å². The number of methoxy groups -OCH3 is 2. The Labute approximate surface area is 174 Å². The van der Waals surface area contributed by atoms with Crippen molar-refractivity contribution in [2.75, 3.05) is 19.5 Å². The summed E-state index contributed by atoms with van der Waals surface area (Å²) in [6.45, 7) is 0. The van der Waals surface area contributed by atoms with E-state index in [1.807, 2.05) is 0 Å². The molecule has 0 unspecified atom stereocenters. The summed E-state index contributed by atoms with van der Waals surface area (Å²) in [6, 6.07) is 9.00. The molecule has 3 rings (SSSR count). The molecule has 0 radical (unpaired) electrons. The van der Waals surface area contributed by atoms with Gasteiger partial charge in [-0.25, -0.2) is 9.36 Å². The number of amides is 1. The molecule has 1 aromatic heterocycles. The summed E-state index contributed by atoms with van der Waals surface area (Å²) in [6.07, 6.45) is 1.04. The van der Waals surface area contributed by atoms with E-state index in [1.54, 1.807) is 12.1 Å². The van der Waals surface area contributed by atoms with Crippen LogP contribution >= 0.6 is 23.2 Å². The van der Waals surface area contributed by atoms with E-state index in [1.165, 1.54) is 38.5 Å². The highest BCUT2D eigenvalue weighted by atomic mass is 35.5. The fraction of sp³-hybridized carbons (Fsp3) is 0.105. The summed E-state index contributed by atoms with van der Waals surface area (Å²) in [5, 5.41) is 3.11. The molecule has 3 aromatic rings. The fourth-order valence-corrected chi connectivity index (χ4v) is 2.95. The molecule has 0 atom stereocenters. The van der Waals surface area contributed by atoms with E-state index in [2.05, 4.69) is 10.3 Å². The molecule has 1 heterocycles. The van der Waals surface area contributed by atoms with Crippen LogP contribution in [-0.4, -0.2) is 29.7 Å². The molecule has 0 saturated carbocycles. The first kappa shape index (κ1) is 20.5. The zero-order chi connectivity index (χ0) is 21.1. The first-order valence-electron chi connectivity index (χ1n) is 8.19. The number of nitrogens with one attached hydrogen (secondary N) is 2. The van der Waals surface area contributed by atoms with Gasteiger partial charge in [-0.05, 0) is 30.3 Å². The summed E-state index contributed by atoms with van der Waals surface area (Å²) < 4.78 is 11.2. The maximum Gasteiger partial charge on any atom is 0.333 e. The zero-order valence-corrected chi connectivity index (χ0v) is 16.8. The van der Waals surface area contributed by atoms with E-state index in [9.17, 15) is 14.4 Å². The average Bonchev–Trinajstić information content (AvgIpc) is 2.70. The van der Waals surface area contributed by atoms with Crippen molar-refractivity contribution in [1.29, 1.82) is 0 Å². The molecular formula is C19H15Cl2N3O5. The van der Waals surface area contributed by atoms with Crippen molar-refractivity contribution in [1.82, 2.24) is 9.55 Å². The van der Waals surface area contributed by atoms with E-state index < -0.39 is 17.2 Å². The Morgan fingerprint density at radius 3 is 2.45 bits per heavy atom. The second-order valence-electron chi connectivity index (χ2n) is 5.77. The lowest BCUT2D eigenvalue weighted by molar-refractivity contribution is 0.102. The number of aromatic amines is 1. The van der Waals surface area contributed by atoms with Crippen LogP contribution in [0, 0.1) is 0 Å². The van der Waals surface area contributed by atoms with Crippen molar-refractivity contribution < 1.29 is 14.3 Å².